The van der Waals surface area contributed by atoms with E-state index in [1.54, 1.807) is 7.11 Å². The first-order valence-corrected chi connectivity index (χ1v) is 4.86. The van der Waals surface area contributed by atoms with Gasteiger partial charge in [-0.25, -0.2) is 0 Å². The second kappa shape index (κ2) is 3.75. The zero-order valence-corrected chi connectivity index (χ0v) is 8.47. The van der Waals surface area contributed by atoms with Gasteiger partial charge in [-0.3, -0.25) is 0 Å². The van der Waals surface area contributed by atoms with Crippen LogP contribution >= 0.6 is 0 Å². The van der Waals surface area contributed by atoms with Gasteiger partial charge in [0, 0.05) is 13.2 Å². The Morgan fingerprint density at radius 1 is 1.50 bits per heavy atom. The number of rotatable bonds is 4. The fraction of sp³-hybridized carbons (Fsp3) is 1.00. The lowest BCUT2D eigenvalue weighted by Crippen LogP contribution is -2.41. The number of methoxy groups -OCH3 is 1. The molecule has 0 spiro atoms. The maximum atomic E-state index is 6.06. The zero-order valence-electron chi connectivity index (χ0n) is 8.47. The number of ether oxygens (including phenoxy) is 1. The predicted molar refractivity (Wildman–Crippen MR) is 51.0 cm³/mol. The van der Waals surface area contributed by atoms with Crippen LogP contribution in [-0.4, -0.2) is 18.8 Å². The second-order valence-corrected chi connectivity index (χ2v) is 4.52. The molecule has 2 nitrogen and oxygen atoms in total. The Morgan fingerprint density at radius 2 is 2.08 bits per heavy atom. The van der Waals surface area contributed by atoms with E-state index in [1.165, 1.54) is 19.3 Å². The van der Waals surface area contributed by atoms with Crippen LogP contribution in [0.1, 0.15) is 39.5 Å². The molecule has 0 saturated heterocycles. The highest BCUT2D eigenvalue weighted by Gasteiger charge is 2.29. The van der Waals surface area contributed by atoms with Crippen LogP contribution in [0.25, 0.3) is 0 Å². The van der Waals surface area contributed by atoms with E-state index >= 15 is 0 Å². The molecule has 1 unspecified atom stereocenters. The predicted octanol–water partition coefficient (Wildman–Crippen LogP) is 1.93. The van der Waals surface area contributed by atoms with Crippen LogP contribution in [0.5, 0.6) is 0 Å². The fourth-order valence-electron chi connectivity index (χ4n) is 1.69. The largest absolute Gasteiger partial charge is 0.379 e. The molecule has 0 heterocycles. The first-order valence-electron chi connectivity index (χ1n) is 4.86. The molecule has 0 amide bonds. The summed E-state index contributed by atoms with van der Waals surface area (Å²) in [5, 5.41) is 0. The van der Waals surface area contributed by atoms with Crippen LogP contribution in [0, 0.1) is 5.92 Å². The fourth-order valence-corrected chi connectivity index (χ4v) is 1.69. The SMILES string of the molecule is COC(C)(C)CC(N)C1CCC1. The monoisotopic (exact) mass is 171 g/mol. The smallest absolute Gasteiger partial charge is 0.0637 e. The summed E-state index contributed by atoms with van der Waals surface area (Å²) in [5.41, 5.74) is 6.01. The highest BCUT2D eigenvalue weighted by Crippen LogP contribution is 2.32. The molecular weight excluding hydrogens is 150 g/mol. The minimum absolute atomic E-state index is 0.0466. The Bertz CT molecular complexity index is 141. The van der Waals surface area contributed by atoms with Gasteiger partial charge >= 0.3 is 0 Å². The summed E-state index contributed by atoms with van der Waals surface area (Å²) in [7, 11) is 1.76. The van der Waals surface area contributed by atoms with Crippen LogP contribution in [0.4, 0.5) is 0 Å². The number of hydrogen-bond acceptors (Lipinski definition) is 2. The van der Waals surface area contributed by atoms with Gasteiger partial charge in [0.1, 0.15) is 0 Å². The minimum Gasteiger partial charge on any atom is -0.379 e. The topological polar surface area (TPSA) is 35.2 Å². The Labute approximate surface area is 75.5 Å². The minimum atomic E-state index is -0.0466. The van der Waals surface area contributed by atoms with E-state index in [0.29, 0.717) is 6.04 Å². The van der Waals surface area contributed by atoms with Gasteiger partial charge in [-0.15, -0.1) is 0 Å². The molecule has 1 fully saturated rings. The second-order valence-electron chi connectivity index (χ2n) is 4.52. The quantitative estimate of drug-likeness (QED) is 0.701. The van der Waals surface area contributed by atoms with Crippen molar-refractivity contribution >= 4 is 0 Å². The van der Waals surface area contributed by atoms with Crippen molar-refractivity contribution in [1.82, 2.24) is 0 Å². The molecule has 72 valence electrons. The summed E-state index contributed by atoms with van der Waals surface area (Å²) in [4.78, 5) is 0. The van der Waals surface area contributed by atoms with E-state index in [0.717, 1.165) is 12.3 Å². The average molecular weight is 171 g/mol. The maximum Gasteiger partial charge on any atom is 0.0637 e. The van der Waals surface area contributed by atoms with Crippen LogP contribution < -0.4 is 5.73 Å². The molecule has 0 radical (unpaired) electrons. The van der Waals surface area contributed by atoms with Crippen molar-refractivity contribution in [2.45, 2.75) is 51.2 Å². The summed E-state index contributed by atoms with van der Waals surface area (Å²) in [5.74, 6) is 0.763. The Kier molecular flexibility index (Phi) is 3.13. The van der Waals surface area contributed by atoms with Gasteiger partial charge in [0.25, 0.3) is 0 Å². The first kappa shape index (κ1) is 10.0. The van der Waals surface area contributed by atoms with Gasteiger partial charge in [-0.05, 0) is 39.0 Å². The molecule has 0 bridgehead atoms. The van der Waals surface area contributed by atoms with Gasteiger partial charge in [0.2, 0.25) is 0 Å². The normalized spacial score (nSPS) is 22.0. The third-order valence-electron chi connectivity index (χ3n) is 3.04. The summed E-state index contributed by atoms with van der Waals surface area (Å²) >= 11 is 0. The van der Waals surface area contributed by atoms with Crippen LogP contribution in [0.15, 0.2) is 0 Å². The Morgan fingerprint density at radius 3 is 2.42 bits per heavy atom. The lowest BCUT2D eigenvalue weighted by molar-refractivity contribution is 0.00151. The van der Waals surface area contributed by atoms with Gasteiger partial charge in [-0.2, -0.15) is 0 Å². The molecule has 0 aromatic carbocycles. The molecular formula is C10H21NO. The van der Waals surface area contributed by atoms with Crippen molar-refractivity contribution < 1.29 is 4.74 Å². The van der Waals surface area contributed by atoms with Crippen molar-refractivity contribution in [3.8, 4) is 0 Å². The van der Waals surface area contributed by atoms with Crippen molar-refractivity contribution in [2.24, 2.45) is 11.7 Å². The van der Waals surface area contributed by atoms with Crippen LogP contribution in [-0.2, 0) is 4.74 Å². The third-order valence-corrected chi connectivity index (χ3v) is 3.04. The van der Waals surface area contributed by atoms with E-state index in [9.17, 15) is 0 Å². The molecule has 1 saturated carbocycles. The molecule has 1 rings (SSSR count). The summed E-state index contributed by atoms with van der Waals surface area (Å²) in [6, 6.07) is 0.341. The molecule has 2 heteroatoms. The van der Waals surface area contributed by atoms with E-state index in [1.807, 2.05) is 0 Å². The lowest BCUT2D eigenvalue weighted by atomic mass is 9.77. The molecule has 2 N–H and O–H groups in total. The van der Waals surface area contributed by atoms with Crippen molar-refractivity contribution in [1.29, 1.82) is 0 Å². The van der Waals surface area contributed by atoms with Gasteiger partial charge in [0.05, 0.1) is 5.60 Å². The molecule has 0 aromatic rings. The zero-order chi connectivity index (χ0) is 9.19. The van der Waals surface area contributed by atoms with Crippen LogP contribution in [0.3, 0.4) is 0 Å². The van der Waals surface area contributed by atoms with Crippen molar-refractivity contribution in [2.75, 3.05) is 7.11 Å². The van der Waals surface area contributed by atoms with E-state index in [4.69, 9.17) is 10.5 Å². The van der Waals surface area contributed by atoms with E-state index in [-0.39, 0.29) is 5.60 Å². The van der Waals surface area contributed by atoms with E-state index in [2.05, 4.69) is 13.8 Å². The molecule has 0 aromatic heterocycles. The average Bonchev–Trinajstić information content (AvgIpc) is 1.82. The van der Waals surface area contributed by atoms with Crippen molar-refractivity contribution in [3.05, 3.63) is 0 Å². The molecule has 1 aliphatic carbocycles. The first-order chi connectivity index (χ1) is 5.55. The van der Waals surface area contributed by atoms with Crippen LogP contribution in [0.2, 0.25) is 0 Å². The highest BCUT2D eigenvalue weighted by atomic mass is 16.5. The molecule has 0 aliphatic heterocycles. The molecule has 12 heavy (non-hydrogen) atoms. The van der Waals surface area contributed by atoms with Crippen molar-refractivity contribution in [3.63, 3.8) is 0 Å². The Balaban J connectivity index is 2.28. The Hall–Kier alpha value is -0.0800. The maximum absolute atomic E-state index is 6.06. The van der Waals surface area contributed by atoms with Gasteiger partial charge < -0.3 is 10.5 Å². The lowest BCUT2D eigenvalue weighted by Gasteiger charge is -2.35. The molecule has 1 atom stereocenters. The summed E-state index contributed by atoms with van der Waals surface area (Å²) < 4.78 is 5.35. The third kappa shape index (κ3) is 2.46. The number of hydrogen-bond donors (Lipinski definition) is 1. The highest BCUT2D eigenvalue weighted by molar-refractivity contribution is 4.85. The standard InChI is InChI=1S/C10H21NO/c1-10(2,12-3)7-9(11)8-5-4-6-8/h8-9H,4-7,11H2,1-3H3. The van der Waals surface area contributed by atoms with Gasteiger partial charge in [-0.1, -0.05) is 6.42 Å². The summed E-state index contributed by atoms with van der Waals surface area (Å²) in [6.07, 6.45) is 4.99. The summed E-state index contributed by atoms with van der Waals surface area (Å²) in [6.45, 7) is 4.21. The number of nitrogens with two attached hydrogens (primary N) is 1. The van der Waals surface area contributed by atoms with E-state index < -0.39 is 0 Å². The molecule has 1 aliphatic rings. The van der Waals surface area contributed by atoms with Gasteiger partial charge in [0.15, 0.2) is 0 Å².